The van der Waals surface area contributed by atoms with Crippen LogP contribution in [-0.4, -0.2) is 27.7 Å². The van der Waals surface area contributed by atoms with Crippen molar-refractivity contribution in [1.82, 2.24) is 9.97 Å². The van der Waals surface area contributed by atoms with Crippen molar-refractivity contribution in [2.75, 3.05) is 6.61 Å². The number of hydrogen-bond donors (Lipinski definition) is 2. The summed E-state index contributed by atoms with van der Waals surface area (Å²) in [5.74, 6) is 0. The van der Waals surface area contributed by atoms with Crippen LogP contribution >= 0.6 is 23.1 Å². The number of thioether (sulfide) groups is 1. The minimum atomic E-state index is -4.59. The van der Waals surface area contributed by atoms with Gasteiger partial charge in [0, 0.05) is 22.4 Å². The van der Waals surface area contributed by atoms with Crippen LogP contribution < -0.4 is 5.73 Å². The van der Waals surface area contributed by atoms with Gasteiger partial charge in [0.25, 0.3) is 0 Å². The van der Waals surface area contributed by atoms with E-state index in [2.05, 4.69) is 9.97 Å². The van der Waals surface area contributed by atoms with Crippen LogP contribution in [0, 0.1) is 11.3 Å². The first-order valence-electron chi connectivity index (χ1n) is 6.75. The van der Waals surface area contributed by atoms with Crippen molar-refractivity contribution in [3.8, 4) is 6.07 Å². The third-order valence-corrected chi connectivity index (χ3v) is 5.35. The molecule has 5 nitrogen and oxygen atoms in total. The molecular formula is C14H13F3N4OS2. The quantitative estimate of drug-likeness (QED) is 0.755. The Morgan fingerprint density at radius 3 is 2.71 bits per heavy atom. The van der Waals surface area contributed by atoms with Gasteiger partial charge in [0.05, 0.1) is 17.7 Å². The Morgan fingerprint density at radius 1 is 1.42 bits per heavy atom. The van der Waals surface area contributed by atoms with Crippen molar-refractivity contribution < 1.29 is 18.3 Å². The lowest BCUT2D eigenvalue weighted by Crippen LogP contribution is -2.26. The number of hydrogen-bond acceptors (Lipinski definition) is 7. The first kappa shape index (κ1) is 18.7. The van der Waals surface area contributed by atoms with Crippen molar-refractivity contribution in [3.63, 3.8) is 0 Å². The van der Waals surface area contributed by atoms with Crippen LogP contribution in [-0.2, 0) is 6.18 Å². The number of nitriles is 1. The van der Waals surface area contributed by atoms with Gasteiger partial charge < -0.3 is 10.8 Å². The van der Waals surface area contributed by atoms with Crippen LogP contribution in [0.15, 0.2) is 28.9 Å². The van der Waals surface area contributed by atoms with E-state index in [9.17, 15) is 13.2 Å². The lowest BCUT2D eigenvalue weighted by atomic mass is 10.1. The minimum absolute atomic E-state index is 0.0177. The molecular weight excluding hydrogens is 361 g/mol. The van der Waals surface area contributed by atoms with Gasteiger partial charge in [0.1, 0.15) is 16.8 Å². The second-order valence-corrected chi connectivity index (χ2v) is 6.96. The number of alkyl halides is 3. The Kier molecular flexibility index (Phi) is 6.17. The van der Waals surface area contributed by atoms with E-state index in [-0.39, 0.29) is 22.4 Å². The number of aromatic nitrogens is 2. The number of nitrogens with zero attached hydrogens (tertiary/aromatic N) is 3. The molecule has 3 N–H and O–H groups in total. The maximum atomic E-state index is 12.9. The molecule has 0 aliphatic rings. The smallest absolute Gasteiger partial charge is 0.395 e. The van der Waals surface area contributed by atoms with Crippen LogP contribution in [0.2, 0.25) is 0 Å². The summed E-state index contributed by atoms with van der Waals surface area (Å²) in [4.78, 5) is 8.33. The lowest BCUT2D eigenvalue weighted by molar-refractivity contribution is -0.141. The summed E-state index contributed by atoms with van der Waals surface area (Å²) in [6.07, 6.45) is -2.69. The van der Waals surface area contributed by atoms with Crippen molar-refractivity contribution >= 4 is 23.1 Å². The molecule has 0 aromatic carbocycles. The zero-order valence-electron chi connectivity index (χ0n) is 12.2. The van der Waals surface area contributed by atoms with Gasteiger partial charge in [0.15, 0.2) is 0 Å². The maximum Gasteiger partial charge on any atom is 0.433 e. The molecule has 2 atom stereocenters. The third-order valence-electron chi connectivity index (χ3n) is 3.05. The fourth-order valence-electron chi connectivity index (χ4n) is 1.86. The molecule has 128 valence electrons. The Bertz CT molecular complexity index is 716. The molecule has 24 heavy (non-hydrogen) atoms. The van der Waals surface area contributed by atoms with Crippen molar-refractivity contribution in [1.29, 1.82) is 5.26 Å². The highest BCUT2D eigenvalue weighted by Gasteiger charge is 2.33. The van der Waals surface area contributed by atoms with Gasteiger partial charge in [-0.1, -0.05) is 11.8 Å². The number of nitrogens with two attached hydrogens (primary N) is 1. The van der Waals surface area contributed by atoms with Crippen LogP contribution in [0.5, 0.6) is 0 Å². The van der Waals surface area contributed by atoms with Crippen LogP contribution in [0.25, 0.3) is 0 Å². The maximum absolute atomic E-state index is 12.9. The highest BCUT2D eigenvalue weighted by molar-refractivity contribution is 7.99. The van der Waals surface area contributed by atoms with Crippen molar-refractivity contribution in [3.05, 3.63) is 40.0 Å². The molecule has 0 aliphatic heterocycles. The molecule has 0 saturated heterocycles. The van der Waals surface area contributed by atoms with E-state index in [0.717, 1.165) is 28.8 Å². The highest BCUT2D eigenvalue weighted by atomic mass is 32.2. The van der Waals surface area contributed by atoms with E-state index in [1.165, 1.54) is 11.3 Å². The Labute approximate surface area is 144 Å². The summed E-state index contributed by atoms with van der Waals surface area (Å²) in [7, 11) is 0. The molecule has 0 spiro atoms. The molecule has 0 aliphatic carbocycles. The Balaban J connectivity index is 2.36. The van der Waals surface area contributed by atoms with E-state index in [1.54, 1.807) is 11.7 Å². The summed E-state index contributed by atoms with van der Waals surface area (Å²) < 4.78 is 38.6. The molecule has 0 saturated carbocycles. The number of thiazole rings is 1. The number of halogens is 3. The first-order chi connectivity index (χ1) is 11.3. The molecule has 0 bridgehead atoms. The van der Waals surface area contributed by atoms with Crippen LogP contribution in [0.3, 0.4) is 0 Å². The molecule has 0 radical (unpaired) electrons. The number of aliphatic hydroxyl groups excluding tert-OH is 1. The topological polar surface area (TPSA) is 95.8 Å². The zero-order chi connectivity index (χ0) is 17.7. The summed E-state index contributed by atoms with van der Waals surface area (Å²) >= 11 is 2.34. The average molecular weight is 374 g/mol. The van der Waals surface area contributed by atoms with Gasteiger partial charge in [-0.2, -0.15) is 18.4 Å². The molecule has 2 heterocycles. The Hall–Kier alpha value is -1.67. The second kappa shape index (κ2) is 7.94. The summed E-state index contributed by atoms with van der Waals surface area (Å²) in [6, 6.07) is 3.19. The second-order valence-electron chi connectivity index (χ2n) is 4.85. The molecule has 10 heteroatoms. The van der Waals surface area contributed by atoms with E-state index in [4.69, 9.17) is 16.1 Å². The normalized spacial score (nSPS) is 14.2. The number of aliphatic hydroxyl groups is 1. The molecule has 0 amide bonds. The van der Waals surface area contributed by atoms with Gasteiger partial charge >= 0.3 is 6.18 Å². The predicted molar refractivity (Wildman–Crippen MR) is 84.3 cm³/mol. The highest BCUT2D eigenvalue weighted by Crippen LogP contribution is 2.41. The van der Waals surface area contributed by atoms with Gasteiger partial charge in [-0.3, -0.25) is 4.98 Å². The minimum Gasteiger partial charge on any atom is -0.395 e. The number of pyridine rings is 1. The van der Waals surface area contributed by atoms with E-state index in [1.807, 2.05) is 6.07 Å². The van der Waals surface area contributed by atoms with Crippen LogP contribution in [0.4, 0.5) is 13.2 Å². The fraction of sp³-hybridized carbons (Fsp3) is 0.357. The zero-order valence-corrected chi connectivity index (χ0v) is 13.8. The van der Waals surface area contributed by atoms with E-state index in [0.29, 0.717) is 6.42 Å². The average Bonchev–Trinajstić information content (AvgIpc) is 3.07. The molecule has 0 fully saturated rings. The molecule has 2 rings (SSSR count). The number of rotatable bonds is 6. The van der Waals surface area contributed by atoms with Gasteiger partial charge in [-0.25, -0.2) is 4.98 Å². The molecule has 2 aromatic heterocycles. The van der Waals surface area contributed by atoms with Gasteiger partial charge in [0.2, 0.25) is 0 Å². The van der Waals surface area contributed by atoms with E-state index < -0.39 is 17.9 Å². The largest absolute Gasteiger partial charge is 0.433 e. The Morgan fingerprint density at radius 2 is 2.17 bits per heavy atom. The SMILES string of the molecule is N#Cc1ccc(C(F)(F)F)nc1S[C@H](C[C@H](N)CO)c1cncs1. The van der Waals surface area contributed by atoms with Gasteiger partial charge in [-0.05, 0) is 18.6 Å². The van der Waals surface area contributed by atoms with E-state index >= 15 is 0 Å². The van der Waals surface area contributed by atoms with Gasteiger partial charge in [-0.15, -0.1) is 11.3 Å². The van der Waals surface area contributed by atoms with Crippen LogP contribution in [0.1, 0.15) is 27.8 Å². The summed E-state index contributed by atoms with van der Waals surface area (Å²) in [5, 5.41) is 17.9. The standard InChI is InChI=1S/C14H13F3N4OS2/c15-14(16,17)12-2-1-8(4-18)13(21-12)24-10(3-9(19)6-22)11-5-20-7-23-11/h1-2,5,7,9-10,22H,3,6,19H2/t9-,10+/m0/s1. The first-order valence-corrected chi connectivity index (χ1v) is 8.51. The third kappa shape index (κ3) is 4.67. The molecule has 0 unspecified atom stereocenters. The van der Waals surface area contributed by atoms with Crippen molar-refractivity contribution in [2.24, 2.45) is 5.73 Å². The summed E-state index contributed by atoms with van der Waals surface area (Å²) in [5.41, 5.74) is 6.35. The monoisotopic (exact) mass is 374 g/mol. The summed E-state index contributed by atoms with van der Waals surface area (Å²) in [6.45, 7) is -0.253. The van der Waals surface area contributed by atoms with Crippen molar-refractivity contribution in [2.45, 2.75) is 28.9 Å². The fourth-order valence-corrected chi connectivity index (χ4v) is 3.97. The lowest BCUT2D eigenvalue weighted by Gasteiger charge is -2.18. The molecule has 2 aromatic rings. The predicted octanol–water partition coefficient (Wildman–Crippen LogP) is 2.97.